The van der Waals surface area contributed by atoms with Gasteiger partial charge in [0.05, 0.1) is 0 Å². The maximum absolute atomic E-state index is 6.10. The van der Waals surface area contributed by atoms with Gasteiger partial charge in [-0.25, -0.2) is 0 Å². The van der Waals surface area contributed by atoms with Crippen molar-refractivity contribution in [1.29, 1.82) is 0 Å². The summed E-state index contributed by atoms with van der Waals surface area (Å²) in [4.78, 5) is 0. The lowest BCUT2D eigenvalue weighted by Gasteiger charge is -2.11. The molecule has 0 atom stereocenters. The number of aryl methyl sites for hydroxylation is 1. The topological polar surface area (TPSA) is 35.2 Å². The van der Waals surface area contributed by atoms with Gasteiger partial charge in [0.2, 0.25) is 0 Å². The van der Waals surface area contributed by atoms with Gasteiger partial charge in [0.1, 0.15) is 12.4 Å². The first-order chi connectivity index (χ1) is 9.20. The second-order valence-corrected chi connectivity index (χ2v) is 4.93. The Labute approximate surface area is 119 Å². The zero-order valence-corrected chi connectivity index (χ0v) is 11.8. The van der Waals surface area contributed by atoms with E-state index in [4.69, 9.17) is 22.1 Å². The number of hydrogen-bond donors (Lipinski definition) is 1. The molecule has 0 bridgehead atoms. The third-order valence-corrected chi connectivity index (χ3v) is 3.38. The van der Waals surface area contributed by atoms with E-state index in [1.807, 2.05) is 37.3 Å². The first-order valence-electron chi connectivity index (χ1n) is 6.36. The van der Waals surface area contributed by atoms with Crippen LogP contribution >= 0.6 is 11.6 Å². The Morgan fingerprint density at radius 3 is 2.63 bits per heavy atom. The molecule has 0 aliphatic heterocycles. The summed E-state index contributed by atoms with van der Waals surface area (Å²) in [5, 5.41) is 0.736. The average Bonchev–Trinajstić information content (AvgIpc) is 2.40. The molecule has 2 aromatic carbocycles. The van der Waals surface area contributed by atoms with E-state index in [-0.39, 0.29) is 0 Å². The molecule has 2 nitrogen and oxygen atoms in total. The first kappa shape index (κ1) is 13.9. The standard InChI is InChI=1S/C16H18ClNO/c1-12-10-13(8-9-18)6-7-16(12)19-11-14-4-2-3-5-15(14)17/h2-7,10H,8-9,11,18H2,1H3. The van der Waals surface area contributed by atoms with Crippen molar-refractivity contribution in [3.8, 4) is 5.75 Å². The minimum absolute atomic E-state index is 0.483. The number of nitrogens with two attached hydrogens (primary N) is 1. The number of rotatable bonds is 5. The van der Waals surface area contributed by atoms with Crippen molar-refractivity contribution in [3.05, 3.63) is 64.2 Å². The fourth-order valence-electron chi connectivity index (χ4n) is 1.97. The van der Waals surface area contributed by atoms with E-state index in [2.05, 4.69) is 12.1 Å². The van der Waals surface area contributed by atoms with E-state index in [9.17, 15) is 0 Å². The SMILES string of the molecule is Cc1cc(CCN)ccc1OCc1ccccc1Cl. The van der Waals surface area contributed by atoms with E-state index < -0.39 is 0 Å². The summed E-state index contributed by atoms with van der Waals surface area (Å²) in [6.45, 7) is 3.19. The Morgan fingerprint density at radius 2 is 1.95 bits per heavy atom. The van der Waals surface area contributed by atoms with Crippen LogP contribution in [0, 0.1) is 6.92 Å². The van der Waals surface area contributed by atoms with Gasteiger partial charge < -0.3 is 10.5 Å². The third-order valence-electron chi connectivity index (χ3n) is 3.01. The Bertz CT molecular complexity index is 554. The summed E-state index contributed by atoms with van der Waals surface area (Å²) < 4.78 is 5.82. The highest BCUT2D eigenvalue weighted by atomic mass is 35.5. The van der Waals surface area contributed by atoms with Crippen molar-refractivity contribution in [3.63, 3.8) is 0 Å². The summed E-state index contributed by atoms with van der Waals surface area (Å²) in [7, 11) is 0. The molecule has 100 valence electrons. The Hall–Kier alpha value is -1.51. The maximum atomic E-state index is 6.10. The van der Waals surface area contributed by atoms with Crippen LogP contribution in [-0.2, 0) is 13.0 Å². The fraction of sp³-hybridized carbons (Fsp3) is 0.250. The quantitative estimate of drug-likeness (QED) is 0.902. The van der Waals surface area contributed by atoms with Crippen LogP contribution in [0.5, 0.6) is 5.75 Å². The highest BCUT2D eigenvalue weighted by molar-refractivity contribution is 6.31. The molecule has 2 rings (SSSR count). The van der Waals surface area contributed by atoms with Crippen molar-refractivity contribution < 1.29 is 4.74 Å². The highest BCUT2D eigenvalue weighted by Gasteiger charge is 2.04. The minimum atomic E-state index is 0.483. The molecule has 0 radical (unpaired) electrons. The minimum Gasteiger partial charge on any atom is -0.489 e. The van der Waals surface area contributed by atoms with Crippen molar-refractivity contribution in [2.75, 3.05) is 6.54 Å². The molecule has 0 fully saturated rings. The lowest BCUT2D eigenvalue weighted by molar-refractivity contribution is 0.304. The van der Waals surface area contributed by atoms with Gasteiger partial charge in [0.15, 0.2) is 0 Å². The van der Waals surface area contributed by atoms with E-state index in [0.29, 0.717) is 13.2 Å². The molecule has 0 spiro atoms. The van der Waals surface area contributed by atoms with Crippen LogP contribution in [0.1, 0.15) is 16.7 Å². The Morgan fingerprint density at radius 1 is 1.16 bits per heavy atom. The van der Waals surface area contributed by atoms with E-state index in [0.717, 1.165) is 28.3 Å². The fourth-order valence-corrected chi connectivity index (χ4v) is 2.16. The molecule has 0 aliphatic carbocycles. The summed E-state index contributed by atoms with van der Waals surface area (Å²) in [6, 6.07) is 13.9. The molecule has 0 unspecified atom stereocenters. The number of hydrogen-bond acceptors (Lipinski definition) is 2. The monoisotopic (exact) mass is 275 g/mol. The van der Waals surface area contributed by atoms with Crippen molar-refractivity contribution in [2.24, 2.45) is 5.73 Å². The smallest absolute Gasteiger partial charge is 0.122 e. The first-order valence-corrected chi connectivity index (χ1v) is 6.74. The molecular weight excluding hydrogens is 258 g/mol. The lowest BCUT2D eigenvalue weighted by atomic mass is 10.1. The summed E-state index contributed by atoms with van der Waals surface area (Å²) in [5.74, 6) is 0.890. The zero-order valence-electron chi connectivity index (χ0n) is 11.0. The second kappa shape index (κ2) is 6.60. The molecule has 0 heterocycles. The predicted octanol–water partition coefficient (Wildman–Crippen LogP) is 3.73. The van der Waals surface area contributed by atoms with Gasteiger partial charge in [-0.15, -0.1) is 0 Å². The van der Waals surface area contributed by atoms with Gasteiger partial charge in [-0.05, 0) is 43.1 Å². The molecule has 19 heavy (non-hydrogen) atoms. The average molecular weight is 276 g/mol. The second-order valence-electron chi connectivity index (χ2n) is 4.52. The van der Waals surface area contributed by atoms with Crippen molar-refractivity contribution >= 4 is 11.6 Å². The van der Waals surface area contributed by atoms with Crippen LogP contribution in [0.25, 0.3) is 0 Å². The molecule has 3 heteroatoms. The van der Waals surface area contributed by atoms with Crippen LogP contribution in [0.3, 0.4) is 0 Å². The van der Waals surface area contributed by atoms with E-state index in [1.54, 1.807) is 0 Å². The van der Waals surface area contributed by atoms with Gasteiger partial charge >= 0.3 is 0 Å². The van der Waals surface area contributed by atoms with Crippen LogP contribution in [-0.4, -0.2) is 6.54 Å². The number of halogens is 1. The van der Waals surface area contributed by atoms with Crippen molar-refractivity contribution in [2.45, 2.75) is 20.0 Å². The largest absolute Gasteiger partial charge is 0.489 e. The van der Waals surface area contributed by atoms with Crippen molar-refractivity contribution in [1.82, 2.24) is 0 Å². The van der Waals surface area contributed by atoms with Crippen LogP contribution < -0.4 is 10.5 Å². The van der Waals surface area contributed by atoms with E-state index >= 15 is 0 Å². The predicted molar refractivity (Wildman–Crippen MR) is 79.7 cm³/mol. The molecule has 0 amide bonds. The Balaban J connectivity index is 2.06. The lowest BCUT2D eigenvalue weighted by Crippen LogP contribution is -2.03. The molecule has 0 aliphatic rings. The molecular formula is C16H18ClNO. The summed E-state index contributed by atoms with van der Waals surface area (Å²) >= 11 is 6.10. The van der Waals surface area contributed by atoms with Crippen LogP contribution in [0.2, 0.25) is 5.02 Å². The highest BCUT2D eigenvalue weighted by Crippen LogP contribution is 2.22. The normalized spacial score (nSPS) is 10.5. The van der Waals surface area contributed by atoms with Crippen LogP contribution in [0.15, 0.2) is 42.5 Å². The van der Waals surface area contributed by atoms with Gasteiger partial charge in [0.25, 0.3) is 0 Å². The number of ether oxygens (including phenoxy) is 1. The van der Waals surface area contributed by atoms with E-state index in [1.165, 1.54) is 5.56 Å². The Kier molecular flexibility index (Phi) is 4.83. The molecule has 0 aromatic heterocycles. The summed E-state index contributed by atoms with van der Waals surface area (Å²) in [5.41, 5.74) is 8.91. The molecule has 2 N–H and O–H groups in total. The van der Waals surface area contributed by atoms with Gasteiger partial charge in [-0.2, -0.15) is 0 Å². The number of benzene rings is 2. The third kappa shape index (κ3) is 3.72. The molecule has 2 aromatic rings. The van der Waals surface area contributed by atoms with Gasteiger partial charge in [0, 0.05) is 10.6 Å². The van der Waals surface area contributed by atoms with Gasteiger partial charge in [-0.1, -0.05) is 41.9 Å². The zero-order chi connectivity index (χ0) is 13.7. The van der Waals surface area contributed by atoms with Crippen LogP contribution in [0.4, 0.5) is 0 Å². The molecule has 0 saturated carbocycles. The molecule has 0 saturated heterocycles. The summed E-state index contributed by atoms with van der Waals surface area (Å²) in [6.07, 6.45) is 0.894. The van der Waals surface area contributed by atoms with Gasteiger partial charge in [-0.3, -0.25) is 0 Å². The maximum Gasteiger partial charge on any atom is 0.122 e.